The Bertz CT molecular complexity index is 196. The first-order valence-electron chi connectivity index (χ1n) is 5.58. The average molecular weight is 215 g/mol. The van der Waals surface area contributed by atoms with E-state index >= 15 is 0 Å². The van der Waals surface area contributed by atoms with Gasteiger partial charge in [-0.15, -0.1) is 0 Å². The van der Waals surface area contributed by atoms with Gasteiger partial charge in [-0.1, -0.05) is 6.92 Å². The quantitative estimate of drug-likeness (QED) is 0.640. The Hall–Kier alpha value is -0.610. The highest BCUT2D eigenvalue weighted by atomic mass is 16.5. The van der Waals surface area contributed by atoms with E-state index in [-0.39, 0.29) is 12.5 Å². The van der Waals surface area contributed by atoms with Crippen molar-refractivity contribution in [2.45, 2.75) is 19.8 Å². The maximum Gasteiger partial charge on any atom is 0.248 e. The normalized spacial score (nSPS) is 21.7. The number of carbonyl (C=O) groups excluding carboxylic acids is 1. The van der Waals surface area contributed by atoms with Crippen LogP contribution in [-0.4, -0.2) is 50.8 Å². The summed E-state index contributed by atoms with van der Waals surface area (Å²) in [5.74, 6) is 0.735. The van der Waals surface area contributed by atoms with Gasteiger partial charge in [-0.05, 0) is 18.8 Å². The van der Waals surface area contributed by atoms with Crippen LogP contribution in [0, 0.1) is 5.92 Å². The van der Waals surface area contributed by atoms with E-state index in [0.717, 1.165) is 19.5 Å². The van der Waals surface area contributed by atoms with Crippen molar-refractivity contribution in [3.05, 3.63) is 0 Å². The highest BCUT2D eigenvalue weighted by Crippen LogP contribution is 2.15. The zero-order valence-corrected chi connectivity index (χ0v) is 9.70. The van der Waals surface area contributed by atoms with Crippen LogP contribution < -0.4 is 0 Å². The number of methoxy groups -OCH3 is 1. The molecular formula is C11H21NO3. The molecule has 0 aromatic heterocycles. The summed E-state index contributed by atoms with van der Waals surface area (Å²) in [5.41, 5.74) is 0. The Labute approximate surface area is 91.5 Å². The summed E-state index contributed by atoms with van der Waals surface area (Å²) >= 11 is 0. The summed E-state index contributed by atoms with van der Waals surface area (Å²) in [4.78, 5) is 13.6. The zero-order valence-electron chi connectivity index (χ0n) is 9.70. The Morgan fingerprint density at radius 1 is 1.47 bits per heavy atom. The van der Waals surface area contributed by atoms with Gasteiger partial charge in [0.1, 0.15) is 6.61 Å². The van der Waals surface area contributed by atoms with E-state index in [1.54, 1.807) is 7.11 Å². The number of piperidine rings is 1. The van der Waals surface area contributed by atoms with Crippen LogP contribution in [0.5, 0.6) is 0 Å². The minimum atomic E-state index is 0.109. The van der Waals surface area contributed by atoms with Gasteiger partial charge >= 0.3 is 0 Å². The third-order valence-electron chi connectivity index (χ3n) is 2.67. The molecule has 88 valence electrons. The molecule has 0 aliphatic carbocycles. The minimum absolute atomic E-state index is 0.109. The van der Waals surface area contributed by atoms with Crippen molar-refractivity contribution in [1.29, 1.82) is 0 Å². The number of carbonyl (C=O) groups is 1. The first-order chi connectivity index (χ1) is 7.24. The molecule has 1 amide bonds. The third kappa shape index (κ3) is 4.62. The van der Waals surface area contributed by atoms with Gasteiger partial charge in [0.05, 0.1) is 13.2 Å². The van der Waals surface area contributed by atoms with Crippen LogP contribution in [0.25, 0.3) is 0 Å². The lowest BCUT2D eigenvalue weighted by atomic mass is 10.0. The van der Waals surface area contributed by atoms with E-state index in [1.807, 2.05) is 4.90 Å². The van der Waals surface area contributed by atoms with Crippen LogP contribution in [-0.2, 0) is 14.3 Å². The Kier molecular flexibility index (Phi) is 5.65. The molecule has 1 aliphatic rings. The van der Waals surface area contributed by atoms with Crippen LogP contribution in [0.15, 0.2) is 0 Å². The van der Waals surface area contributed by atoms with E-state index in [2.05, 4.69) is 6.92 Å². The lowest BCUT2D eigenvalue weighted by Gasteiger charge is -2.30. The van der Waals surface area contributed by atoms with Gasteiger partial charge in [0.2, 0.25) is 5.91 Å². The van der Waals surface area contributed by atoms with Gasteiger partial charge in [-0.2, -0.15) is 0 Å². The molecule has 0 saturated carbocycles. The third-order valence-corrected chi connectivity index (χ3v) is 2.67. The Morgan fingerprint density at radius 3 is 2.93 bits per heavy atom. The van der Waals surface area contributed by atoms with E-state index in [9.17, 15) is 4.79 Å². The highest BCUT2D eigenvalue weighted by molar-refractivity contribution is 5.77. The Balaban J connectivity index is 2.15. The molecule has 0 N–H and O–H groups in total. The monoisotopic (exact) mass is 215 g/mol. The number of likely N-dealkylation sites (tertiary alicyclic amines) is 1. The van der Waals surface area contributed by atoms with Gasteiger partial charge in [0.15, 0.2) is 0 Å². The molecule has 1 rings (SSSR count). The molecule has 15 heavy (non-hydrogen) atoms. The second-order valence-corrected chi connectivity index (χ2v) is 4.13. The first kappa shape index (κ1) is 12.5. The summed E-state index contributed by atoms with van der Waals surface area (Å²) in [6, 6.07) is 0. The molecular weight excluding hydrogens is 194 g/mol. The van der Waals surface area contributed by atoms with Crippen molar-refractivity contribution in [3.63, 3.8) is 0 Å². The van der Waals surface area contributed by atoms with Gasteiger partial charge in [0.25, 0.3) is 0 Å². The lowest BCUT2D eigenvalue weighted by Crippen LogP contribution is -2.41. The number of amides is 1. The molecule has 0 spiro atoms. The largest absolute Gasteiger partial charge is 0.382 e. The van der Waals surface area contributed by atoms with Gasteiger partial charge in [0, 0.05) is 20.2 Å². The molecule has 1 atom stereocenters. The zero-order chi connectivity index (χ0) is 11.1. The van der Waals surface area contributed by atoms with Crippen molar-refractivity contribution < 1.29 is 14.3 Å². The number of nitrogens with zero attached hydrogens (tertiary/aromatic N) is 1. The standard InChI is InChI=1S/C11H21NO3/c1-10-4-3-5-12(8-10)11(13)9-15-7-6-14-2/h10H,3-9H2,1-2H3. The summed E-state index contributed by atoms with van der Waals surface area (Å²) in [6.07, 6.45) is 2.35. The van der Waals surface area contributed by atoms with Crippen LogP contribution in [0.4, 0.5) is 0 Å². The second-order valence-electron chi connectivity index (χ2n) is 4.13. The summed E-state index contributed by atoms with van der Waals surface area (Å²) in [6.45, 7) is 5.18. The summed E-state index contributed by atoms with van der Waals surface area (Å²) in [7, 11) is 1.62. The summed E-state index contributed by atoms with van der Waals surface area (Å²) in [5, 5.41) is 0. The van der Waals surface area contributed by atoms with Crippen molar-refractivity contribution in [3.8, 4) is 0 Å². The fourth-order valence-electron chi connectivity index (χ4n) is 1.81. The molecule has 1 aliphatic heterocycles. The molecule has 1 unspecified atom stereocenters. The molecule has 1 fully saturated rings. The van der Waals surface area contributed by atoms with Crippen LogP contribution in [0.3, 0.4) is 0 Å². The topological polar surface area (TPSA) is 38.8 Å². The lowest BCUT2D eigenvalue weighted by molar-refractivity contribution is -0.138. The van der Waals surface area contributed by atoms with Crippen LogP contribution in [0.2, 0.25) is 0 Å². The smallest absolute Gasteiger partial charge is 0.248 e. The predicted octanol–water partition coefficient (Wildman–Crippen LogP) is 0.908. The molecule has 0 radical (unpaired) electrons. The van der Waals surface area contributed by atoms with E-state index in [4.69, 9.17) is 9.47 Å². The van der Waals surface area contributed by atoms with Crippen molar-refractivity contribution >= 4 is 5.91 Å². The van der Waals surface area contributed by atoms with E-state index in [1.165, 1.54) is 6.42 Å². The molecule has 4 heteroatoms. The van der Waals surface area contributed by atoms with E-state index in [0.29, 0.717) is 19.1 Å². The molecule has 0 aromatic carbocycles. The number of ether oxygens (including phenoxy) is 2. The Morgan fingerprint density at radius 2 is 2.27 bits per heavy atom. The summed E-state index contributed by atoms with van der Waals surface area (Å²) < 4.78 is 10.0. The number of rotatable bonds is 5. The fourth-order valence-corrected chi connectivity index (χ4v) is 1.81. The van der Waals surface area contributed by atoms with Crippen LogP contribution in [0.1, 0.15) is 19.8 Å². The molecule has 1 heterocycles. The predicted molar refractivity (Wildman–Crippen MR) is 57.7 cm³/mol. The van der Waals surface area contributed by atoms with Gasteiger partial charge in [-0.25, -0.2) is 0 Å². The maximum absolute atomic E-state index is 11.7. The van der Waals surface area contributed by atoms with Gasteiger partial charge in [-0.3, -0.25) is 4.79 Å². The molecule has 4 nitrogen and oxygen atoms in total. The molecule has 0 bridgehead atoms. The highest BCUT2D eigenvalue weighted by Gasteiger charge is 2.20. The van der Waals surface area contributed by atoms with E-state index < -0.39 is 0 Å². The molecule has 0 aromatic rings. The van der Waals surface area contributed by atoms with Crippen LogP contribution >= 0.6 is 0 Å². The number of hydrogen-bond donors (Lipinski definition) is 0. The van der Waals surface area contributed by atoms with Crippen molar-refractivity contribution in [1.82, 2.24) is 4.90 Å². The SMILES string of the molecule is COCCOCC(=O)N1CCCC(C)C1. The molecule has 1 saturated heterocycles. The maximum atomic E-state index is 11.7. The van der Waals surface area contributed by atoms with Gasteiger partial charge < -0.3 is 14.4 Å². The fraction of sp³-hybridized carbons (Fsp3) is 0.909. The minimum Gasteiger partial charge on any atom is -0.382 e. The number of hydrogen-bond acceptors (Lipinski definition) is 3. The van der Waals surface area contributed by atoms with Crippen molar-refractivity contribution in [2.75, 3.05) is 40.0 Å². The average Bonchev–Trinajstić information content (AvgIpc) is 2.24. The first-order valence-corrected chi connectivity index (χ1v) is 5.58. The van der Waals surface area contributed by atoms with Crippen molar-refractivity contribution in [2.24, 2.45) is 5.92 Å². The second kappa shape index (κ2) is 6.80.